The summed E-state index contributed by atoms with van der Waals surface area (Å²) in [4.78, 5) is 2.47. The molecule has 25 heavy (non-hydrogen) atoms. The van der Waals surface area contributed by atoms with E-state index in [-0.39, 0.29) is 0 Å². The molecule has 0 aromatic heterocycles. The van der Waals surface area contributed by atoms with Crippen LogP contribution in [0.4, 0.5) is 11.4 Å². The summed E-state index contributed by atoms with van der Waals surface area (Å²) < 4.78 is 1.10. The largest absolute Gasteiger partial charge is 0.372 e. The van der Waals surface area contributed by atoms with Crippen LogP contribution < -0.4 is 15.5 Å². The molecule has 0 spiro atoms. The number of piperidine rings is 1. The minimum absolute atomic E-state index is 0.641. The Kier molecular flexibility index (Phi) is 6.32. The third-order valence-corrected chi connectivity index (χ3v) is 5.66. The van der Waals surface area contributed by atoms with Gasteiger partial charge >= 0.3 is 0 Å². The molecule has 0 bridgehead atoms. The number of halogens is 1. The molecular formula is C20H24BrN3S. The average molecular weight is 418 g/mol. The second-order valence-corrected chi connectivity index (χ2v) is 7.75. The van der Waals surface area contributed by atoms with Crippen molar-refractivity contribution in [3.05, 3.63) is 58.1 Å². The highest BCUT2D eigenvalue weighted by Crippen LogP contribution is 2.21. The van der Waals surface area contributed by atoms with Gasteiger partial charge in [-0.1, -0.05) is 28.1 Å². The fraction of sp³-hybridized carbons (Fsp3) is 0.350. The summed E-state index contributed by atoms with van der Waals surface area (Å²) in [6.07, 6.45) is 3.97. The van der Waals surface area contributed by atoms with Crippen LogP contribution >= 0.6 is 28.1 Å². The Balaban J connectivity index is 1.50. The molecule has 1 saturated heterocycles. The zero-order chi connectivity index (χ0) is 17.6. The Morgan fingerprint density at radius 2 is 1.80 bits per heavy atom. The van der Waals surface area contributed by atoms with Gasteiger partial charge in [-0.3, -0.25) is 0 Å². The van der Waals surface area contributed by atoms with E-state index in [1.807, 2.05) is 12.1 Å². The van der Waals surface area contributed by atoms with Crippen LogP contribution in [-0.4, -0.2) is 18.2 Å². The standard InChI is InChI=1S/C20H24BrN3S/c1-15-13-17(7-10-19(15)21)23-20(25)22-14-16-5-8-18(9-6-16)24-11-3-2-4-12-24/h5-10,13H,2-4,11-12,14H2,1H3,(H2,22,23,25). The molecule has 0 radical (unpaired) electrons. The van der Waals surface area contributed by atoms with Gasteiger partial charge in [0.25, 0.3) is 0 Å². The molecule has 1 heterocycles. The number of hydrogen-bond donors (Lipinski definition) is 2. The Hall–Kier alpha value is -1.59. The van der Waals surface area contributed by atoms with Gasteiger partial charge in [0, 0.05) is 35.5 Å². The molecule has 3 nitrogen and oxygen atoms in total. The van der Waals surface area contributed by atoms with E-state index >= 15 is 0 Å². The highest BCUT2D eigenvalue weighted by molar-refractivity contribution is 9.10. The molecule has 2 aromatic carbocycles. The highest BCUT2D eigenvalue weighted by Gasteiger charge is 2.10. The van der Waals surface area contributed by atoms with Gasteiger partial charge in [-0.15, -0.1) is 0 Å². The normalized spacial score (nSPS) is 14.2. The topological polar surface area (TPSA) is 27.3 Å². The lowest BCUT2D eigenvalue weighted by Crippen LogP contribution is -2.29. The number of benzene rings is 2. The van der Waals surface area contributed by atoms with Crippen LogP contribution in [0.15, 0.2) is 46.9 Å². The molecule has 5 heteroatoms. The van der Waals surface area contributed by atoms with Crippen molar-refractivity contribution in [2.45, 2.75) is 32.7 Å². The van der Waals surface area contributed by atoms with E-state index in [1.165, 1.54) is 49.2 Å². The zero-order valence-corrected chi connectivity index (χ0v) is 16.9. The van der Waals surface area contributed by atoms with Gasteiger partial charge in [0.2, 0.25) is 0 Å². The number of nitrogens with one attached hydrogen (secondary N) is 2. The van der Waals surface area contributed by atoms with Gasteiger partial charge in [0.15, 0.2) is 5.11 Å². The first-order valence-corrected chi connectivity index (χ1v) is 9.97. The summed E-state index contributed by atoms with van der Waals surface area (Å²) >= 11 is 8.91. The van der Waals surface area contributed by atoms with E-state index in [1.54, 1.807) is 0 Å². The van der Waals surface area contributed by atoms with Crippen LogP contribution in [0.25, 0.3) is 0 Å². The lowest BCUT2D eigenvalue weighted by atomic mass is 10.1. The van der Waals surface area contributed by atoms with Crippen molar-refractivity contribution in [2.24, 2.45) is 0 Å². The van der Waals surface area contributed by atoms with Crippen molar-refractivity contribution in [1.82, 2.24) is 5.32 Å². The van der Waals surface area contributed by atoms with Gasteiger partial charge < -0.3 is 15.5 Å². The molecule has 2 N–H and O–H groups in total. The van der Waals surface area contributed by atoms with Gasteiger partial charge in [-0.25, -0.2) is 0 Å². The lowest BCUT2D eigenvalue weighted by molar-refractivity contribution is 0.578. The fourth-order valence-electron chi connectivity index (χ4n) is 3.06. The first-order valence-electron chi connectivity index (χ1n) is 8.77. The van der Waals surface area contributed by atoms with E-state index in [4.69, 9.17) is 12.2 Å². The molecule has 2 aromatic rings. The fourth-order valence-corrected chi connectivity index (χ4v) is 3.49. The maximum absolute atomic E-state index is 5.40. The van der Waals surface area contributed by atoms with Gasteiger partial charge in [-0.05, 0) is 79.9 Å². The maximum Gasteiger partial charge on any atom is 0.171 e. The Morgan fingerprint density at radius 1 is 1.08 bits per heavy atom. The Morgan fingerprint density at radius 3 is 2.48 bits per heavy atom. The second kappa shape index (κ2) is 8.68. The number of hydrogen-bond acceptors (Lipinski definition) is 2. The summed E-state index contributed by atoms with van der Waals surface area (Å²) in [7, 11) is 0. The lowest BCUT2D eigenvalue weighted by Gasteiger charge is -2.28. The van der Waals surface area contributed by atoms with Crippen molar-refractivity contribution in [1.29, 1.82) is 0 Å². The van der Waals surface area contributed by atoms with E-state index in [0.29, 0.717) is 5.11 Å². The second-order valence-electron chi connectivity index (χ2n) is 6.49. The summed E-state index contributed by atoms with van der Waals surface area (Å²) in [6.45, 7) is 5.15. The first kappa shape index (κ1) is 18.2. The number of thiocarbonyl (C=S) groups is 1. The summed E-state index contributed by atoms with van der Waals surface area (Å²) in [6, 6.07) is 14.9. The van der Waals surface area contributed by atoms with Crippen LogP contribution in [-0.2, 0) is 6.54 Å². The zero-order valence-electron chi connectivity index (χ0n) is 14.5. The molecule has 132 valence electrons. The van der Waals surface area contributed by atoms with Crippen molar-refractivity contribution in [3.8, 4) is 0 Å². The molecule has 0 atom stereocenters. The molecule has 1 aliphatic heterocycles. The molecule has 1 aliphatic rings. The van der Waals surface area contributed by atoms with Crippen molar-refractivity contribution < 1.29 is 0 Å². The van der Waals surface area contributed by atoms with Crippen LogP contribution in [0.2, 0.25) is 0 Å². The summed E-state index contributed by atoms with van der Waals surface area (Å²) in [5.74, 6) is 0. The van der Waals surface area contributed by atoms with Crippen LogP contribution in [0.1, 0.15) is 30.4 Å². The third-order valence-electron chi connectivity index (χ3n) is 4.53. The minimum atomic E-state index is 0.641. The van der Waals surface area contributed by atoms with Crippen molar-refractivity contribution in [2.75, 3.05) is 23.3 Å². The number of aryl methyl sites for hydroxylation is 1. The maximum atomic E-state index is 5.40. The molecule has 0 saturated carbocycles. The number of anilines is 2. The predicted octanol–water partition coefficient (Wildman–Crippen LogP) is 5.23. The van der Waals surface area contributed by atoms with Gasteiger partial charge in [0.1, 0.15) is 0 Å². The molecular weight excluding hydrogens is 394 g/mol. The predicted molar refractivity (Wildman–Crippen MR) is 114 cm³/mol. The molecule has 0 amide bonds. The van der Waals surface area contributed by atoms with E-state index < -0.39 is 0 Å². The Bertz CT molecular complexity index is 724. The third kappa shape index (κ3) is 5.19. The van der Waals surface area contributed by atoms with Crippen molar-refractivity contribution in [3.63, 3.8) is 0 Å². The smallest absolute Gasteiger partial charge is 0.171 e. The summed E-state index contributed by atoms with van der Waals surface area (Å²) in [5, 5.41) is 7.15. The number of nitrogens with zero attached hydrogens (tertiary/aromatic N) is 1. The molecule has 0 unspecified atom stereocenters. The summed E-state index contributed by atoms with van der Waals surface area (Å²) in [5.41, 5.74) is 4.74. The number of rotatable bonds is 4. The minimum Gasteiger partial charge on any atom is -0.372 e. The molecule has 1 fully saturated rings. The van der Waals surface area contributed by atoms with E-state index in [0.717, 1.165) is 16.7 Å². The quantitative estimate of drug-likeness (QED) is 0.665. The van der Waals surface area contributed by atoms with Crippen LogP contribution in [0.5, 0.6) is 0 Å². The Labute approximate surface area is 163 Å². The van der Waals surface area contributed by atoms with Gasteiger partial charge in [0.05, 0.1) is 0 Å². The van der Waals surface area contributed by atoms with E-state index in [9.17, 15) is 0 Å². The monoisotopic (exact) mass is 417 g/mol. The van der Waals surface area contributed by atoms with Gasteiger partial charge in [-0.2, -0.15) is 0 Å². The highest BCUT2D eigenvalue weighted by atomic mass is 79.9. The average Bonchev–Trinajstić information content (AvgIpc) is 2.64. The molecule has 0 aliphatic carbocycles. The van der Waals surface area contributed by atoms with Crippen LogP contribution in [0, 0.1) is 6.92 Å². The first-order chi connectivity index (χ1) is 12.1. The SMILES string of the molecule is Cc1cc(NC(=S)NCc2ccc(N3CCCCC3)cc2)ccc1Br. The van der Waals surface area contributed by atoms with Crippen molar-refractivity contribution >= 4 is 44.6 Å². The molecule has 3 rings (SSSR count). The van der Waals surface area contributed by atoms with Crippen LogP contribution in [0.3, 0.4) is 0 Å². The van der Waals surface area contributed by atoms with E-state index in [2.05, 4.69) is 68.7 Å².